The van der Waals surface area contributed by atoms with E-state index >= 15 is 0 Å². The Labute approximate surface area is 117 Å². The second-order valence-electron chi connectivity index (χ2n) is 5.58. The van der Waals surface area contributed by atoms with E-state index in [1.165, 1.54) is 5.56 Å². The molecule has 19 heavy (non-hydrogen) atoms. The SMILES string of the molecule is CCC(C)(C)NCC(C)OC/C=C/c1ccccc1. The van der Waals surface area contributed by atoms with E-state index in [4.69, 9.17) is 4.74 Å². The van der Waals surface area contributed by atoms with Gasteiger partial charge in [-0.2, -0.15) is 0 Å². The summed E-state index contributed by atoms with van der Waals surface area (Å²) >= 11 is 0. The maximum atomic E-state index is 5.75. The summed E-state index contributed by atoms with van der Waals surface area (Å²) in [7, 11) is 0. The van der Waals surface area contributed by atoms with Gasteiger partial charge < -0.3 is 10.1 Å². The fraction of sp³-hybridized carbons (Fsp3) is 0.529. The molecule has 0 radical (unpaired) electrons. The molecule has 2 heteroatoms. The van der Waals surface area contributed by atoms with Crippen molar-refractivity contribution in [3.63, 3.8) is 0 Å². The molecular weight excluding hydrogens is 234 g/mol. The molecule has 2 nitrogen and oxygen atoms in total. The topological polar surface area (TPSA) is 21.3 Å². The van der Waals surface area contributed by atoms with Gasteiger partial charge in [-0.15, -0.1) is 0 Å². The molecule has 0 spiro atoms. The van der Waals surface area contributed by atoms with Crippen LogP contribution in [0.25, 0.3) is 6.08 Å². The second-order valence-corrected chi connectivity index (χ2v) is 5.58. The average molecular weight is 261 g/mol. The number of hydrogen-bond donors (Lipinski definition) is 1. The van der Waals surface area contributed by atoms with Crippen molar-refractivity contribution in [2.45, 2.75) is 45.8 Å². The Morgan fingerprint density at radius 1 is 1.26 bits per heavy atom. The molecule has 0 aliphatic carbocycles. The molecule has 0 heterocycles. The minimum Gasteiger partial charge on any atom is -0.373 e. The fourth-order valence-corrected chi connectivity index (χ4v) is 1.57. The van der Waals surface area contributed by atoms with Gasteiger partial charge in [0, 0.05) is 12.1 Å². The van der Waals surface area contributed by atoms with Gasteiger partial charge in [-0.1, -0.05) is 49.4 Å². The molecule has 1 aromatic rings. The van der Waals surface area contributed by atoms with Gasteiger partial charge >= 0.3 is 0 Å². The Morgan fingerprint density at radius 2 is 1.95 bits per heavy atom. The van der Waals surface area contributed by atoms with E-state index in [0.29, 0.717) is 6.61 Å². The first-order chi connectivity index (χ1) is 9.03. The van der Waals surface area contributed by atoms with E-state index in [2.05, 4.69) is 57.3 Å². The molecule has 1 N–H and O–H groups in total. The van der Waals surface area contributed by atoms with Crippen molar-refractivity contribution >= 4 is 6.08 Å². The first-order valence-corrected chi connectivity index (χ1v) is 7.12. The molecule has 0 fully saturated rings. The van der Waals surface area contributed by atoms with Crippen molar-refractivity contribution < 1.29 is 4.74 Å². The van der Waals surface area contributed by atoms with Gasteiger partial charge in [-0.05, 0) is 32.8 Å². The van der Waals surface area contributed by atoms with Crippen LogP contribution in [0.2, 0.25) is 0 Å². The first-order valence-electron chi connectivity index (χ1n) is 7.12. The highest BCUT2D eigenvalue weighted by atomic mass is 16.5. The summed E-state index contributed by atoms with van der Waals surface area (Å²) in [5.41, 5.74) is 1.40. The highest BCUT2D eigenvalue weighted by Crippen LogP contribution is 2.07. The summed E-state index contributed by atoms with van der Waals surface area (Å²) in [6, 6.07) is 10.3. The van der Waals surface area contributed by atoms with Gasteiger partial charge in [-0.25, -0.2) is 0 Å². The predicted molar refractivity (Wildman–Crippen MR) is 83.3 cm³/mol. The van der Waals surface area contributed by atoms with Gasteiger partial charge in [0.25, 0.3) is 0 Å². The van der Waals surface area contributed by atoms with Crippen LogP contribution in [-0.4, -0.2) is 24.8 Å². The van der Waals surface area contributed by atoms with E-state index in [0.717, 1.165) is 13.0 Å². The molecule has 0 saturated carbocycles. The lowest BCUT2D eigenvalue weighted by atomic mass is 10.0. The van der Waals surface area contributed by atoms with E-state index in [1.54, 1.807) is 0 Å². The third-order valence-electron chi connectivity index (χ3n) is 3.34. The van der Waals surface area contributed by atoms with Gasteiger partial charge in [-0.3, -0.25) is 0 Å². The minimum atomic E-state index is 0.192. The molecular formula is C17H27NO. The Morgan fingerprint density at radius 3 is 2.58 bits per heavy atom. The zero-order valence-electron chi connectivity index (χ0n) is 12.6. The third kappa shape index (κ3) is 7.14. The van der Waals surface area contributed by atoms with Crippen molar-refractivity contribution in [1.82, 2.24) is 5.32 Å². The minimum absolute atomic E-state index is 0.192. The van der Waals surface area contributed by atoms with Crippen molar-refractivity contribution in [3.05, 3.63) is 42.0 Å². The van der Waals surface area contributed by atoms with Crippen LogP contribution < -0.4 is 5.32 Å². The normalized spacial score (nSPS) is 13.9. The van der Waals surface area contributed by atoms with Crippen LogP contribution >= 0.6 is 0 Å². The molecule has 1 unspecified atom stereocenters. The highest BCUT2D eigenvalue weighted by Gasteiger charge is 2.14. The van der Waals surface area contributed by atoms with Crippen LogP contribution in [0, 0.1) is 0 Å². The summed E-state index contributed by atoms with van der Waals surface area (Å²) in [6.45, 7) is 10.3. The van der Waals surface area contributed by atoms with Crippen LogP contribution in [-0.2, 0) is 4.74 Å². The van der Waals surface area contributed by atoms with Crippen LogP contribution in [0.5, 0.6) is 0 Å². The molecule has 0 bridgehead atoms. The number of nitrogens with one attached hydrogen (secondary N) is 1. The molecule has 1 atom stereocenters. The summed E-state index contributed by atoms with van der Waals surface area (Å²) in [5, 5.41) is 3.52. The van der Waals surface area contributed by atoms with E-state index in [-0.39, 0.29) is 11.6 Å². The van der Waals surface area contributed by atoms with Crippen LogP contribution in [0.1, 0.15) is 39.7 Å². The van der Waals surface area contributed by atoms with Crippen molar-refractivity contribution in [2.75, 3.05) is 13.2 Å². The number of rotatable bonds is 8. The molecule has 1 aromatic carbocycles. The van der Waals surface area contributed by atoms with Gasteiger partial charge in [0.05, 0.1) is 12.7 Å². The molecule has 0 aliphatic heterocycles. The van der Waals surface area contributed by atoms with Crippen molar-refractivity contribution in [2.24, 2.45) is 0 Å². The van der Waals surface area contributed by atoms with Crippen LogP contribution in [0.4, 0.5) is 0 Å². The maximum absolute atomic E-state index is 5.75. The average Bonchev–Trinajstić information content (AvgIpc) is 2.43. The number of hydrogen-bond acceptors (Lipinski definition) is 2. The standard InChI is InChI=1S/C17H27NO/c1-5-17(3,4)18-14-15(2)19-13-9-12-16-10-7-6-8-11-16/h6-12,15,18H,5,13-14H2,1-4H3/b12-9+. The fourth-order valence-electron chi connectivity index (χ4n) is 1.57. The van der Waals surface area contributed by atoms with Gasteiger partial charge in [0.1, 0.15) is 0 Å². The van der Waals surface area contributed by atoms with E-state index in [1.807, 2.05) is 18.2 Å². The summed E-state index contributed by atoms with van der Waals surface area (Å²) in [4.78, 5) is 0. The molecule has 0 saturated heterocycles. The Hall–Kier alpha value is -1.12. The first kappa shape index (κ1) is 15.9. The van der Waals surface area contributed by atoms with Gasteiger partial charge in [0.2, 0.25) is 0 Å². The Balaban J connectivity index is 2.20. The smallest absolute Gasteiger partial charge is 0.0675 e. The quantitative estimate of drug-likeness (QED) is 0.766. The molecule has 0 aliphatic rings. The third-order valence-corrected chi connectivity index (χ3v) is 3.34. The molecule has 106 valence electrons. The predicted octanol–water partition coefficient (Wildman–Crippen LogP) is 3.88. The monoisotopic (exact) mass is 261 g/mol. The maximum Gasteiger partial charge on any atom is 0.0675 e. The van der Waals surface area contributed by atoms with E-state index in [9.17, 15) is 0 Å². The molecule has 0 amide bonds. The Kier molecular flexibility index (Phi) is 6.82. The molecule has 0 aromatic heterocycles. The van der Waals surface area contributed by atoms with Crippen LogP contribution in [0.3, 0.4) is 0 Å². The summed E-state index contributed by atoms with van der Waals surface area (Å²) in [6.07, 6.45) is 5.51. The molecule has 1 rings (SSSR count). The number of benzene rings is 1. The highest BCUT2D eigenvalue weighted by molar-refractivity contribution is 5.48. The van der Waals surface area contributed by atoms with Crippen molar-refractivity contribution in [3.8, 4) is 0 Å². The number of ether oxygens (including phenoxy) is 1. The Bertz CT molecular complexity index is 370. The summed E-state index contributed by atoms with van der Waals surface area (Å²) in [5.74, 6) is 0. The lowest BCUT2D eigenvalue weighted by Crippen LogP contribution is -2.42. The largest absolute Gasteiger partial charge is 0.373 e. The zero-order chi connectivity index (χ0) is 14.1. The zero-order valence-corrected chi connectivity index (χ0v) is 12.6. The van der Waals surface area contributed by atoms with E-state index < -0.39 is 0 Å². The van der Waals surface area contributed by atoms with Crippen LogP contribution in [0.15, 0.2) is 36.4 Å². The lowest BCUT2D eigenvalue weighted by molar-refractivity contribution is 0.0816. The lowest BCUT2D eigenvalue weighted by Gasteiger charge is -2.26. The second kappa shape index (κ2) is 8.13. The van der Waals surface area contributed by atoms with Crippen molar-refractivity contribution in [1.29, 1.82) is 0 Å². The van der Waals surface area contributed by atoms with Gasteiger partial charge in [0.15, 0.2) is 0 Å². The summed E-state index contributed by atoms with van der Waals surface area (Å²) < 4.78 is 5.75.